The maximum Gasteiger partial charge on any atom is 0.226 e. The number of nitrogens with zero attached hydrogens (tertiary/aromatic N) is 3. The number of rotatable bonds is 9. The SMILES string of the molecule is CCCNc1nc(C)cc(OCCN(CC)CC)n1. The van der Waals surface area contributed by atoms with Crippen LogP contribution in [0.15, 0.2) is 6.07 Å². The number of ether oxygens (including phenoxy) is 1. The van der Waals surface area contributed by atoms with Gasteiger partial charge in [-0.1, -0.05) is 20.8 Å². The molecule has 1 N–H and O–H groups in total. The average molecular weight is 266 g/mol. The fourth-order valence-corrected chi connectivity index (χ4v) is 1.75. The zero-order chi connectivity index (χ0) is 14.1. The molecule has 0 radical (unpaired) electrons. The second-order valence-electron chi connectivity index (χ2n) is 4.47. The van der Waals surface area contributed by atoms with Crippen LogP contribution in [-0.4, -0.2) is 47.7 Å². The quantitative estimate of drug-likeness (QED) is 0.743. The summed E-state index contributed by atoms with van der Waals surface area (Å²) in [6, 6.07) is 1.87. The highest BCUT2D eigenvalue weighted by Crippen LogP contribution is 2.11. The standard InChI is InChI=1S/C14H26N4O/c1-5-8-15-14-16-12(4)11-13(17-14)19-10-9-18(6-2)7-3/h11H,5-10H2,1-4H3,(H,15,16,17). The number of likely N-dealkylation sites (N-methyl/N-ethyl adjacent to an activating group) is 1. The van der Waals surface area contributed by atoms with Crippen molar-refractivity contribution < 1.29 is 4.74 Å². The van der Waals surface area contributed by atoms with Crippen molar-refractivity contribution in [2.24, 2.45) is 0 Å². The summed E-state index contributed by atoms with van der Waals surface area (Å²) < 4.78 is 5.71. The fourth-order valence-electron chi connectivity index (χ4n) is 1.75. The maximum absolute atomic E-state index is 5.71. The number of hydrogen-bond donors (Lipinski definition) is 1. The number of aromatic nitrogens is 2. The van der Waals surface area contributed by atoms with E-state index in [9.17, 15) is 0 Å². The van der Waals surface area contributed by atoms with Crippen LogP contribution < -0.4 is 10.1 Å². The van der Waals surface area contributed by atoms with Crippen molar-refractivity contribution in [3.05, 3.63) is 11.8 Å². The van der Waals surface area contributed by atoms with E-state index in [2.05, 4.69) is 41.0 Å². The van der Waals surface area contributed by atoms with E-state index in [-0.39, 0.29) is 0 Å². The molecule has 1 aromatic rings. The van der Waals surface area contributed by atoms with Crippen LogP contribution in [0.2, 0.25) is 0 Å². The largest absolute Gasteiger partial charge is 0.476 e. The minimum atomic E-state index is 0.651. The van der Waals surface area contributed by atoms with Gasteiger partial charge in [-0.3, -0.25) is 0 Å². The Hall–Kier alpha value is -1.36. The molecular formula is C14H26N4O. The Morgan fingerprint density at radius 2 is 1.95 bits per heavy atom. The first kappa shape index (κ1) is 15.7. The molecule has 19 heavy (non-hydrogen) atoms. The molecule has 0 amide bonds. The van der Waals surface area contributed by atoms with Gasteiger partial charge in [0.2, 0.25) is 11.8 Å². The molecule has 0 spiro atoms. The van der Waals surface area contributed by atoms with Gasteiger partial charge in [-0.25, -0.2) is 4.98 Å². The van der Waals surface area contributed by atoms with Crippen molar-refractivity contribution in [3.63, 3.8) is 0 Å². The molecule has 0 unspecified atom stereocenters. The van der Waals surface area contributed by atoms with E-state index < -0.39 is 0 Å². The molecule has 0 fully saturated rings. The minimum absolute atomic E-state index is 0.651. The third-order valence-electron chi connectivity index (χ3n) is 2.92. The first-order valence-electron chi connectivity index (χ1n) is 7.14. The molecule has 0 saturated carbocycles. The van der Waals surface area contributed by atoms with E-state index in [4.69, 9.17) is 4.74 Å². The van der Waals surface area contributed by atoms with Gasteiger partial charge in [0.1, 0.15) is 6.61 Å². The minimum Gasteiger partial charge on any atom is -0.476 e. The Labute approximate surface area is 116 Å². The zero-order valence-corrected chi connectivity index (χ0v) is 12.6. The van der Waals surface area contributed by atoms with Crippen molar-refractivity contribution in [3.8, 4) is 5.88 Å². The number of hydrogen-bond acceptors (Lipinski definition) is 5. The Morgan fingerprint density at radius 3 is 2.58 bits per heavy atom. The molecule has 1 aromatic heterocycles. The molecule has 5 heteroatoms. The molecule has 0 aliphatic heterocycles. The molecule has 0 aromatic carbocycles. The van der Waals surface area contributed by atoms with Crippen molar-refractivity contribution in [1.82, 2.24) is 14.9 Å². The van der Waals surface area contributed by atoms with Gasteiger partial charge in [-0.05, 0) is 26.4 Å². The molecule has 0 aliphatic carbocycles. The lowest BCUT2D eigenvalue weighted by Crippen LogP contribution is -2.28. The van der Waals surface area contributed by atoms with Crippen molar-refractivity contribution in [2.45, 2.75) is 34.1 Å². The van der Waals surface area contributed by atoms with Crippen LogP contribution in [0, 0.1) is 6.92 Å². The summed E-state index contributed by atoms with van der Waals surface area (Å²) in [5.74, 6) is 1.30. The van der Waals surface area contributed by atoms with Crippen molar-refractivity contribution in [2.75, 3.05) is 38.1 Å². The van der Waals surface area contributed by atoms with Gasteiger partial charge in [-0.15, -0.1) is 0 Å². The van der Waals surface area contributed by atoms with Crippen molar-refractivity contribution >= 4 is 5.95 Å². The molecule has 0 saturated heterocycles. The summed E-state index contributed by atoms with van der Waals surface area (Å²) in [5, 5.41) is 3.18. The van der Waals surface area contributed by atoms with E-state index in [0.29, 0.717) is 18.4 Å². The molecule has 5 nitrogen and oxygen atoms in total. The first-order valence-corrected chi connectivity index (χ1v) is 7.14. The van der Waals surface area contributed by atoms with Crippen LogP contribution in [0.3, 0.4) is 0 Å². The number of aryl methyl sites for hydroxylation is 1. The third-order valence-corrected chi connectivity index (χ3v) is 2.92. The van der Waals surface area contributed by atoms with Crippen LogP contribution >= 0.6 is 0 Å². The Kier molecular flexibility index (Phi) is 7.18. The highest BCUT2D eigenvalue weighted by molar-refractivity contribution is 5.30. The smallest absolute Gasteiger partial charge is 0.226 e. The van der Waals surface area contributed by atoms with Crippen molar-refractivity contribution in [1.29, 1.82) is 0 Å². The molecule has 0 bridgehead atoms. The predicted octanol–water partition coefficient (Wildman–Crippen LogP) is 2.33. The molecule has 108 valence electrons. The normalized spacial score (nSPS) is 10.8. The fraction of sp³-hybridized carbons (Fsp3) is 0.714. The number of nitrogens with one attached hydrogen (secondary N) is 1. The van der Waals surface area contributed by atoms with E-state index >= 15 is 0 Å². The molecular weight excluding hydrogens is 240 g/mol. The van der Waals surface area contributed by atoms with Gasteiger partial charge in [0.25, 0.3) is 0 Å². The van der Waals surface area contributed by atoms with Gasteiger partial charge < -0.3 is 15.0 Å². The summed E-state index contributed by atoms with van der Waals surface area (Å²) in [5.41, 5.74) is 0.923. The van der Waals surface area contributed by atoms with Gasteiger partial charge in [-0.2, -0.15) is 4.98 Å². The van der Waals surface area contributed by atoms with Gasteiger partial charge in [0.05, 0.1) is 0 Å². The van der Waals surface area contributed by atoms with Gasteiger partial charge in [0, 0.05) is 24.8 Å². The van der Waals surface area contributed by atoms with Crippen LogP contribution in [0.25, 0.3) is 0 Å². The topological polar surface area (TPSA) is 50.3 Å². The second-order valence-corrected chi connectivity index (χ2v) is 4.47. The van der Waals surface area contributed by atoms with Gasteiger partial charge in [0.15, 0.2) is 0 Å². The zero-order valence-electron chi connectivity index (χ0n) is 12.6. The van der Waals surface area contributed by atoms with Gasteiger partial charge >= 0.3 is 0 Å². The Morgan fingerprint density at radius 1 is 1.21 bits per heavy atom. The molecule has 1 heterocycles. The summed E-state index contributed by atoms with van der Waals surface area (Å²) >= 11 is 0. The predicted molar refractivity (Wildman–Crippen MR) is 78.8 cm³/mol. The molecule has 1 rings (SSSR count). The third kappa shape index (κ3) is 5.87. The molecule has 0 aliphatic rings. The first-order chi connectivity index (χ1) is 9.19. The lowest BCUT2D eigenvalue weighted by atomic mass is 10.4. The highest BCUT2D eigenvalue weighted by atomic mass is 16.5. The van der Waals surface area contributed by atoms with Crippen LogP contribution in [0.1, 0.15) is 32.9 Å². The summed E-state index contributed by atoms with van der Waals surface area (Å²) in [4.78, 5) is 11.0. The summed E-state index contributed by atoms with van der Waals surface area (Å²) in [6.45, 7) is 12.9. The number of anilines is 1. The maximum atomic E-state index is 5.71. The van der Waals surface area contributed by atoms with E-state index in [1.807, 2.05) is 13.0 Å². The lowest BCUT2D eigenvalue weighted by Gasteiger charge is -2.17. The average Bonchev–Trinajstić information content (AvgIpc) is 2.41. The second kappa shape index (κ2) is 8.69. The van der Waals surface area contributed by atoms with Crippen LogP contribution in [0.5, 0.6) is 5.88 Å². The monoisotopic (exact) mass is 266 g/mol. The van der Waals surface area contributed by atoms with Crippen LogP contribution in [-0.2, 0) is 0 Å². The Bertz CT molecular complexity index is 366. The lowest BCUT2D eigenvalue weighted by molar-refractivity contribution is 0.218. The summed E-state index contributed by atoms with van der Waals surface area (Å²) in [7, 11) is 0. The molecule has 0 atom stereocenters. The van der Waals surface area contributed by atoms with E-state index in [1.165, 1.54) is 0 Å². The van der Waals surface area contributed by atoms with E-state index in [0.717, 1.165) is 38.3 Å². The highest BCUT2D eigenvalue weighted by Gasteiger charge is 2.04. The van der Waals surface area contributed by atoms with Crippen LogP contribution in [0.4, 0.5) is 5.95 Å². The summed E-state index contributed by atoms with van der Waals surface area (Å²) in [6.07, 6.45) is 1.05. The van der Waals surface area contributed by atoms with E-state index in [1.54, 1.807) is 0 Å². The Balaban J connectivity index is 2.50.